The average molecular weight is 318 g/mol. The van der Waals surface area contributed by atoms with Crippen molar-refractivity contribution in [3.8, 4) is 0 Å². The van der Waals surface area contributed by atoms with Gasteiger partial charge in [-0.15, -0.1) is 0 Å². The predicted octanol–water partition coefficient (Wildman–Crippen LogP) is 4.57. The van der Waals surface area contributed by atoms with Gasteiger partial charge in [-0.25, -0.2) is 0 Å². The lowest BCUT2D eigenvalue weighted by molar-refractivity contribution is 0.102. The van der Waals surface area contributed by atoms with Crippen LogP contribution in [0.25, 0.3) is 0 Å². The lowest BCUT2D eigenvalue weighted by Gasteiger charge is -2.08. The smallest absolute Gasteiger partial charge is 0.256 e. The number of carbonyl (C=O) groups excluding carboxylic acids is 1. The fraction of sp³-hybridized carbons (Fsp3) is 0.188. The van der Waals surface area contributed by atoms with Crippen LogP contribution >= 0.6 is 15.9 Å². The topological polar surface area (TPSA) is 29.1 Å². The molecule has 1 N–H and O–H groups in total. The lowest BCUT2D eigenvalue weighted by atomic mass is 10.1. The second kappa shape index (κ2) is 6.02. The minimum absolute atomic E-state index is 0.0974. The molecule has 0 fully saturated rings. The van der Waals surface area contributed by atoms with Gasteiger partial charge in [-0.05, 0) is 59.1 Å². The number of benzene rings is 2. The van der Waals surface area contributed by atoms with Crippen LogP contribution in [0.4, 0.5) is 5.69 Å². The van der Waals surface area contributed by atoms with Gasteiger partial charge in [0.2, 0.25) is 0 Å². The Morgan fingerprint density at radius 1 is 1.16 bits per heavy atom. The first-order valence-electron chi connectivity index (χ1n) is 6.26. The second-order valence-electron chi connectivity index (χ2n) is 4.49. The Kier molecular flexibility index (Phi) is 4.38. The van der Waals surface area contributed by atoms with Crippen LogP contribution in [-0.2, 0) is 6.42 Å². The molecule has 0 aliphatic rings. The summed E-state index contributed by atoms with van der Waals surface area (Å²) < 4.78 is 0.806. The van der Waals surface area contributed by atoms with Crippen LogP contribution in [0, 0.1) is 6.92 Å². The molecule has 0 radical (unpaired) electrons. The highest BCUT2D eigenvalue weighted by Crippen LogP contribution is 2.20. The monoisotopic (exact) mass is 317 g/mol. The SMILES string of the molecule is CCc1ccc(NC(=O)c2cc(C)ccc2Br)cc1. The van der Waals surface area contributed by atoms with E-state index in [0.717, 1.165) is 22.1 Å². The zero-order chi connectivity index (χ0) is 13.8. The van der Waals surface area contributed by atoms with Gasteiger partial charge >= 0.3 is 0 Å². The van der Waals surface area contributed by atoms with E-state index in [1.165, 1.54) is 5.56 Å². The Hall–Kier alpha value is -1.61. The first kappa shape index (κ1) is 13.8. The number of hydrogen-bond donors (Lipinski definition) is 1. The molecule has 98 valence electrons. The van der Waals surface area contributed by atoms with E-state index in [4.69, 9.17) is 0 Å². The van der Waals surface area contributed by atoms with Crippen molar-refractivity contribution in [2.75, 3.05) is 5.32 Å². The number of amides is 1. The van der Waals surface area contributed by atoms with E-state index in [0.29, 0.717) is 5.56 Å². The normalized spacial score (nSPS) is 10.3. The molecular weight excluding hydrogens is 302 g/mol. The lowest BCUT2D eigenvalue weighted by Crippen LogP contribution is -2.12. The Bertz CT molecular complexity index is 590. The minimum Gasteiger partial charge on any atom is -0.322 e. The van der Waals surface area contributed by atoms with E-state index in [-0.39, 0.29) is 5.91 Å². The minimum atomic E-state index is -0.0974. The third-order valence-electron chi connectivity index (χ3n) is 2.99. The van der Waals surface area contributed by atoms with E-state index in [9.17, 15) is 4.79 Å². The number of carbonyl (C=O) groups is 1. The highest BCUT2D eigenvalue weighted by Gasteiger charge is 2.10. The van der Waals surface area contributed by atoms with Gasteiger partial charge in [-0.3, -0.25) is 4.79 Å². The van der Waals surface area contributed by atoms with E-state index < -0.39 is 0 Å². The maximum atomic E-state index is 12.2. The zero-order valence-corrected chi connectivity index (χ0v) is 12.6. The zero-order valence-electron chi connectivity index (χ0n) is 11.0. The summed E-state index contributed by atoms with van der Waals surface area (Å²) in [5, 5.41) is 2.91. The molecule has 0 heterocycles. The molecule has 0 saturated heterocycles. The molecule has 1 amide bonds. The van der Waals surface area contributed by atoms with Crippen LogP contribution in [0.15, 0.2) is 46.9 Å². The summed E-state index contributed by atoms with van der Waals surface area (Å²) in [7, 11) is 0. The summed E-state index contributed by atoms with van der Waals surface area (Å²) in [6.07, 6.45) is 0.998. The molecule has 0 aliphatic carbocycles. The maximum absolute atomic E-state index is 12.2. The van der Waals surface area contributed by atoms with Crippen LogP contribution in [0.1, 0.15) is 28.4 Å². The standard InChI is InChI=1S/C16H16BrNO/c1-3-12-5-7-13(8-6-12)18-16(19)14-10-11(2)4-9-15(14)17/h4-10H,3H2,1-2H3,(H,18,19). The molecule has 0 bridgehead atoms. The van der Waals surface area contributed by atoms with E-state index >= 15 is 0 Å². The van der Waals surface area contributed by atoms with Gasteiger partial charge in [0.1, 0.15) is 0 Å². The highest BCUT2D eigenvalue weighted by atomic mass is 79.9. The van der Waals surface area contributed by atoms with Crippen molar-refractivity contribution in [1.29, 1.82) is 0 Å². The van der Waals surface area contributed by atoms with E-state index in [1.54, 1.807) is 0 Å². The Balaban J connectivity index is 2.18. The molecule has 3 heteroatoms. The van der Waals surface area contributed by atoms with Crippen LogP contribution in [0.5, 0.6) is 0 Å². The molecule has 2 rings (SSSR count). The molecule has 2 aromatic rings. The molecule has 0 atom stereocenters. The third-order valence-corrected chi connectivity index (χ3v) is 3.68. The first-order chi connectivity index (χ1) is 9.10. The van der Waals surface area contributed by atoms with Gasteiger partial charge in [0.15, 0.2) is 0 Å². The largest absolute Gasteiger partial charge is 0.322 e. The molecule has 0 spiro atoms. The summed E-state index contributed by atoms with van der Waals surface area (Å²) in [6.45, 7) is 4.08. The third kappa shape index (κ3) is 3.44. The molecular formula is C16H16BrNO. The van der Waals surface area contributed by atoms with Crippen molar-refractivity contribution in [2.24, 2.45) is 0 Å². The van der Waals surface area contributed by atoms with Crippen molar-refractivity contribution in [3.63, 3.8) is 0 Å². The molecule has 0 unspecified atom stereocenters. The molecule has 19 heavy (non-hydrogen) atoms. The fourth-order valence-electron chi connectivity index (χ4n) is 1.84. The first-order valence-corrected chi connectivity index (χ1v) is 7.06. The predicted molar refractivity (Wildman–Crippen MR) is 82.7 cm³/mol. The fourth-order valence-corrected chi connectivity index (χ4v) is 2.26. The van der Waals surface area contributed by atoms with Crippen molar-refractivity contribution >= 4 is 27.5 Å². The number of nitrogens with one attached hydrogen (secondary N) is 1. The summed E-state index contributed by atoms with van der Waals surface area (Å²) in [5.41, 5.74) is 3.79. The van der Waals surface area contributed by atoms with Crippen molar-refractivity contribution in [3.05, 3.63) is 63.6 Å². The summed E-state index contributed by atoms with van der Waals surface area (Å²) in [6, 6.07) is 13.7. The highest BCUT2D eigenvalue weighted by molar-refractivity contribution is 9.10. The Labute approximate surface area is 122 Å². The average Bonchev–Trinajstić information content (AvgIpc) is 2.42. The van der Waals surface area contributed by atoms with Gasteiger partial charge in [0.05, 0.1) is 5.56 Å². The van der Waals surface area contributed by atoms with Gasteiger partial charge in [-0.1, -0.05) is 30.7 Å². The van der Waals surface area contributed by atoms with E-state index in [1.807, 2.05) is 49.4 Å². The van der Waals surface area contributed by atoms with Crippen LogP contribution in [0.2, 0.25) is 0 Å². The number of rotatable bonds is 3. The molecule has 2 aromatic carbocycles. The Morgan fingerprint density at radius 3 is 2.47 bits per heavy atom. The van der Waals surface area contributed by atoms with Crippen molar-refractivity contribution < 1.29 is 4.79 Å². The number of aryl methyl sites for hydroxylation is 2. The van der Waals surface area contributed by atoms with Gasteiger partial charge < -0.3 is 5.32 Å². The van der Waals surface area contributed by atoms with Crippen LogP contribution in [-0.4, -0.2) is 5.91 Å². The number of hydrogen-bond acceptors (Lipinski definition) is 1. The van der Waals surface area contributed by atoms with Crippen molar-refractivity contribution in [2.45, 2.75) is 20.3 Å². The maximum Gasteiger partial charge on any atom is 0.256 e. The van der Waals surface area contributed by atoms with Gasteiger partial charge in [0.25, 0.3) is 5.91 Å². The van der Waals surface area contributed by atoms with E-state index in [2.05, 4.69) is 28.2 Å². The summed E-state index contributed by atoms with van der Waals surface area (Å²) in [4.78, 5) is 12.2. The summed E-state index contributed by atoms with van der Waals surface area (Å²) in [5.74, 6) is -0.0974. The molecule has 0 aromatic heterocycles. The molecule has 2 nitrogen and oxygen atoms in total. The summed E-state index contributed by atoms with van der Waals surface area (Å²) >= 11 is 3.41. The van der Waals surface area contributed by atoms with Gasteiger partial charge in [-0.2, -0.15) is 0 Å². The molecule has 0 saturated carbocycles. The second-order valence-corrected chi connectivity index (χ2v) is 5.34. The molecule has 0 aliphatic heterocycles. The van der Waals surface area contributed by atoms with Crippen LogP contribution in [0.3, 0.4) is 0 Å². The van der Waals surface area contributed by atoms with Crippen molar-refractivity contribution in [1.82, 2.24) is 0 Å². The van der Waals surface area contributed by atoms with Gasteiger partial charge in [0, 0.05) is 10.2 Å². The number of halogens is 1. The van der Waals surface area contributed by atoms with Crippen LogP contribution < -0.4 is 5.32 Å². The Morgan fingerprint density at radius 2 is 1.84 bits per heavy atom. The number of anilines is 1. The quantitative estimate of drug-likeness (QED) is 0.882.